The number of nitrogens with two attached hydrogens (primary N) is 1. The molecule has 1 amide bonds. The summed E-state index contributed by atoms with van der Waals surface area (Å²) in [7, 11) is 3.36. The lowest BCUT2D eigenvalue weighted by Crippen LogP contribution is -2.35. The minimum atomic E-state index is 0.248. The first-order valence-electron chi connectivity index (χ1n) is 8.18. The van der Waals surface area contributed by atoms with E-state index in [1.54, 1.807) is 14.2 Å². The fraction of sp³-hybridized carbons (Fsp3) is 0.938. The van der Waals surface area contributed by atoms with Gasteiger partial charge in [0.05, 0.1) is 6.61 Å². The second kappa shape index (κ2) is 11.0. The molecule has 0 aliphatic heterocycles. The highest BCUT2D eigenvalue weighted by Gasteiger charge is 2.20. The zero-order chi connectivity index (χ0) is 15.5. The first-order chi connectivity index (χ1) is 10.2. The standard InChI is InChI=1S/C16H32N2O3/c1-20-12-3-10-18(11-13-21-2)16(19)9-6-14-4-7-15(17)8-5-14/h14-15H,3-13,17H2,1-2H3. The lowest BCUT2D eigenvalue weighted by molar-refractivity contribution is -0.132. The summed E-state index contributed by atoms with van der Waals surface area (Å²) >= 11 is 0. The molecule has 5 nitrogen and oxygen atoms in total. The van der Waals surface area contributed by atoms with Gasteiger partial charge in [-0.3, -0.25) is 4.79 Å². The molecule has 1 fully saturated rings. The van der Waals surface area contributed by atoms with Crippen LogP contribution in [0.3, 0.4) is 0 Å². The maximum atomic E-state index is 12.4. The van der Waals surface area contributed by atoms with Gasteiger partial charge >= 0.3 is 0 Å². The molecule has 1 aliphatic carbocycles. The third-order valence-corrected chi connectivity index (χ3v) is 4.35. The molecule has 0 saturated heterocycles. The maximum absolute atomic E-state index is 12.4. The topological polar surface area (TPSA) is 64.8 Å². The molecule has 2 N–H and O–H groups in total. The van der Waals surface area contributed by atoms with Crippen LogP contribution in [0, 0.1) is 5.92 Å². The van der Waals surface area contributed by atoms with E-state index in [1.165, 1.54) is 12.8 Å². The molecule has 0 bridgehead atoms. The largest absolute Gasteiger partial charge is 0.385 e. The second-order valence-electron chi connectivity index (χ2n) is 6.04. The van der Waals surface area contributed by atoms with E-state index < -0.39 is 0 Å². The number of nitrogens with zero attached hydrogens (tertiary/aromatic N) is 1. The van der Waals surface area contributed by atoms with Crippen molar-refractivity contribution in [1.29, 1.82) is 0 Å². The first-order valence-corrected chi connectivity index (χ1v) is 8.18. The predicted molar refractivity (Wildman–Crippen MR) is 84.1 cm³/mol. The van der Waals surface area contributed by atoms with Crippen LogP contribution in [-0.2, 0) is 14.3 Å². The van der Waals surface area contributed by atoms with Crippen molar-refractivity contribution < 1.29 is 14.3 Å². The second-order valence-corrected chi connectivity index (χ2v) is 6.04. The van der Waals surface area contributed by atoms with Gasteiger partial charge in [0.2, 0.25) is 5.91 Å². The number of methoxy groups -OCH3 is 2. The van der Waals surface area contributed by atoms with E-state index in [1.807, 2.05) is 4.90 Å². The molecule has 1 saturated carbocycles. The summed E-state index contributed by atoms with van der Waals surface area (Å²) in [5.74, 6) is 0.926. The third-order valence-electron chi connectivity index (χ3n) is 4.35. The van der Waals surface area contributed by atoms with Gasteiger partial charge in [-0.25, -0.2) is 0 Å². The van der Waals surface area contributed by atoms with Crippen LogP contribution in [-0.4, -0.2) is 57.4 Å². The Bertz CT molecular complexity index is 279. The number of hydrogen-bond donors (Lipinski definition) is 1. The van der Waals surface area contributed by atoms with E-state index in [0.29, 0.717) is 38.1 Å². The molecule has 0 radical (unpaired) electrons. The number of carbonyl (C=O) groups excluding carboxylic acids is 1. The Morgan fingerprint density at radius 1 is 1.10 bits per heavy atom. The molecule has 5 heteroatoms. The van der Waals surface area contributed by atoms with Crippen LogP contribution in [0.5, 0.6) is 0 Å². The molecule has 0 atom stereocenters. The van der Waals surface area contributed by atoms with E-state index in [0.717, 1.165) is 32.2 Å². The molecule has 1 rings (SSSR count). The number of amides is 1. The van der Waals surface area contributed by atoms with Gasteiger partial charge in [-0.2, -0.15) is 0 Å². The summed E-state index contributed by atoms with van der Waals surface area (Å²) in [5.41, 5.74) is 5.92. The summed E-state index contributed by atoms with van der Waals surface area (Å²) in [6, 6.07) is 0.379. The van der Waals surface area contributed by atoms with Gasteiger partial charge in [0, 0.05) is 46.4 Å². The SMILES string of the molecule is COCCCN(CCOC)C(=O)CCC1CCC(N)CC1. The van der Waals surface area contributed by atoms with Crippen LogP contribution >= 0.6 is 0 Å². The Kier molecular flexibility index (Phi) is 9.63. The molecular weight excluding hydrogens is 268 g/mol. The summed E-state index contributed by atoms with van der Waals surface area (Å²) < 4.78 is 10.2. The fourth-order valence-electron chi connectivity index (χ4n) is 2.93. The zero-order valence-corrected chi connectivity index (χ0v) is 13.7. The quantitative estimate of drug-likeness (QED) is 0.625. The van der Waals surface area contributed by atoms with E-state index in [4.69, 9.17) is 15.2 Å². The van der Waals surface area contributed by atoms with Crippen molar-refractivity contribution in [1.82, 2.24) is 4.90 Å². The summed E-state index contributed by atoms with van der Waals surface area (Å²) in [4.78, 5) is 14.3. The third kappa shape index (κ3) is 7.79. The van der Waals surface area contributed by atoms with Crippen LogP contribution in [0.1, 0.15) is 44.9 Å². The smallest absolute Gasteiger partial charge is 0.222 e. The van der Waals surface area contributed by atoms with Crippen molar-refractivity contribution in [2.45, 2.75) is 51.0 Å². The van der Waals surface area contributed by atoms with Crippen molar-refractivity contribution in [3.05, 3.63) is 0 Å². The average Bonchev–Trinajstić information content (AvgIpc) is 2.50. The van der Waals surface area contributed by atoms with Gasteiger partial charge in [-0.15, -0.1) is 0 Å². The minimum Gasteiger partial charge on any atom is -0.385 e. The maximum Gasteiger partial charge on any atom is 0.222 e. The molecule has 0 aromatic rings. The van der Waals surface area contributed by atoms with E-state index in [-0.39, 0.29) is 5.91 Å². The summed E-state index contributed by atoms with van der Waals surface area (Å²) in [6.45, 7) is 2.72. The summed E-state index contributed by atoms with van der Waals surface area (Å²) in [5, 5.41) is 0. The average molecular weight is 300 g/mol. The van der Waals surface area contributed by atoms with Gasteiger partial charge < -0.3 is 20.1 Å². The zero-order valence-electron chi connectivity index (χ0n) is 13.7. The Hall–Kier alpha value is -0.650. The number of ether oxygens (including phenoxy) is 2. The molecule has 0 aromatic carbocycles. The highest BCUT2D eigenvalue weighted by Crippen LogP contribution is 2.27. The lowest BCUT2D eigenvalue weighted by Gasteiger charge is -2.27. The minimum absolute atomic E-state index is 0.248. The van der Waals surface area contributed by atoms with E-state index in [9.17, 15) is 4.79 Å². The van der Waals surface area contributed by atoms with Gasteiger partial charge in [-0.05, 0) is 44.4 Å². The first kappa shape index (κ1) is 18.4. The van der Waals surface area contributed by atoms with Gasteiger partial charge in [-0.1, -0.05) is 0 Å². The highest BCUT2D eigenvalue weighted by molar-refractivity contribution is 5.76. The van der Waals surface area contributed by atoms with Crippen LogP contribution in [0.15, 0.2) is 0 Å². The van der Waals surface area contributed by atoms with Gasteiger partial charge in [0.25, 0.3) is 0 Å². The van der Waals surface area contributed by atoms with E-state index >= 15 is 0 Å². The molecule has 124 valence electrons. The summed E-state index contributed by atoms with van der Waals surface area (Å²) in [6.07, 6.45) is 7.10. The lowest BCUT2D eigenvalue weighted by atomic mass is 9.84. The van der Waals surface area contributed by atoms with E-state index in [2.05, 4.69) is 0 Å². The predicted octanol–water partition coefficient (Wildman–Crippen LogP) is 1.80. The van der Waals surface area contributed by atoms with Crippen LogP contribution in [0.4, 0.5) is 0 Å². The molecule has 1 aliphatic rings. The highest BCUT2D eigenvalue weighted by atomic mass is 16.5. The Balaban J connectivity index is 2.29. The van der Waals surface area contributed by atoms with Crippen molar-refractivity contribution in [3.8, 4) is 0 Å². The normalized spacial score (nSPS) is 22.2. The molecule has 0 unspecified atom stereocenters. The van der Waals surface area contributed by atoms with Crippen molar-refractivity contribution in [2.75, 3.05) is 40.5 Å². The Morgan fingerprint density at radius 2 is 1.76 bits per heavy atom. The van der Waals surface area contributed by atoms with Crippen LogP contribution in [0.2, 0.25) is 0 Å². The van der Waals surface area contributed by atoms with Crippen LogP contribution < -0.4 is 5.73 Å². The number of hydrogen-bond acceptors (Lipinski definition) is 4. The van der Waals surface area contributed by atoms with Crippen molar-refractivity contribution in [3.63, 3.8) is 0 Å². The van der Waals surface area contributed by atoms with Gasteiger partial charge in [0.1, 0.15) is 0 Å². The molecule has 0 aromatic heterocycles. The molecule has 0 spiro atoms. The Morgan fingerprint density at radius 3 is 2.38 bits per heavy atom. The molecule has 21 heavy (non-hydrogen) atoms. The number of carbonyl (C=O) groups is 1. The van der Waals surface area contributed by atoms with Crippen molar-refractivity contribution >= 4 is 5.91 Å². The van der Waals surface area contributed by atoms with Crippen molar-refractivity contribution in [2.24, 2.45) is 11.7 Å². The van der Waals surface area contributed by atoms with Gasteiger partial charge in [0.15, 0.2) is 0 Å². The monoisotopic (exact) mass is 300 g/mol. The molecule has 0 heterocycles. The van der Waals surface area contributed by atoms with Crippen LogP contribution in [0.25, 0.3) is 0 Å². The Labute approximate surface area is 129 Å². The number of rotatable bonds is 10. The fourth-order valence-corrected chi connectivity index (χ4v) is 2.93. The molecular formula is C16H32N2O3.